The number of rotatable bonds is 6. The first-order valence-electron chi connectivity index (χ1n) is 8.35. The zero-order valence-electron chi connectivity index (χ0n) is 13.6. The molecule has 8 nitrogen and oxygen atoms in total. The Bertz CT molecular complexity index is 617. The van der Waals surface area contributed by atoms with Gasteiger partial charge in [0.2, 0.25) is 5.95 Å². The maximum atomic E-state index is 12.0. The van der Waals surface area contributed by atoms with Crippen molar-refractivity contribution in [3.05, 3.63) is 36.9 Å². The highest BCUT2D eigenvalue weighted by Gasteiger charge is 2.22. The molecule has 0 unspecified atom stereocenters. The SMILES string of the molecule is O=C(NCCCn1cccn1)N[C@@H]1CCCN(c2ncccn2)C1. The minimum absolute atomic E-state index is 0.115. The number of hydrogen-bond donors (Lipinski definition) is 2. The van der Waals surface area contributed by atoms with E-state index in [2.05, 4.69) is 30.6 Å². The predicted octanol–water partition coefficient (Wildman–Crippen LogP) is 1.03. The summed E-state index contributed by atoms with van der Waals surface area (Å²) in [6.07, 6.45) is 10.0. The van der Waals surface area contributed by atoms with Crippen LogP contribution in [0.2, 0.25) is 0 Å². The van der Waals surface area contributed by atoms with Crippen LogP contribution < -0.4 is 15.5 Å². The van der Waals surface area contributed by atoms with Crippen molar-refractivity contribution in [3.63, 3.8) is 0 Å². The quantitative estimate of drug-likeness (QED) is 0.773. The minimum Gasteiger partial charge on any atom is -0.339 e. The van der Waals surface area contributed by atoms with Crippen LogP contribution in [0.25, 0.3) is 0 Å². The summed E-state index contributed by atoms with van der Waals surface area (Å²) < 4.78 is 1.86. The van der Waals surface area contributed by atoms with Crippen molar-refractivity contribution in [1.29, 1.82) is 0 Å². The summed E-state index contributed by atoms with van der Waals surface area (Å²) >= 11 is 0. The van der Waals surface area contributed by atoms with Gasteiger partial charge >= 0.3 is 6.03 Å². The molecular weight excluding hydrogens is 306 g/mol. The fraction of sp³-hybridized carbons (Fsp3) is 0.500. The third-order valence-electron chi connectivity index (χ3n) is 4.00. The number of nitrogens with one attached hydrogen (secondary N) is 2. The molecule has 0 bridgehead atoms. The second kappa shape index (κ2) is 8.28. The van der Waals surface area contributed by atoms with Crippen molar-refractivity contribution in [3.8, 4) is 0 Å². The zero-order chi connectivity index (χ0) is 16.6. The molecule has 2 N–H and O–H groups in total. The summed E-state index contributed by atoms with van der Waals surface area (Å²) in [5.41, 5.74) is 0. The van der Waals surface area contributed by atoms with Crippen LogP contribution in [0.1, 0.15) is 19.3 Å². The third-order valence-corrected chi connectivity index (χ3v) is 4.00. The highest BCUT2D eigenvalue weighted by atomic mass is 16.2. The zero-order valence-corrected chi connectivity index (χ0v) is 13.6. The number of urea groups is 1. The lowest BCUT2D eigenvalue weighted by Crippen LogP contribution is -2.51. The first-order chi connectivity index (χ1) is 11.8. The highest BCUT2D eigenvalue weighted by Crippen LogP contribution is 2.15. The van der Waals surface area contributed by atoms with E-state index in [-0.39, 0.29) is 12.1 Å². The molecule has 3 rings (SSSR count). The van der Waals surface area contributed by atoms with Crippen molar-refractivity contribution < 1.29 is 4.79 Å². The minimum atomic E-state index is -0.115. The number of hydrogen-bond acceptors (Lipinski definition) is 5. The van der Waals surface area contributed by atoms with Crippen LogP contribution in [0.3, 0.4) is 0 Å². The van der Waals surface area contributed by atoms with Crippen LogP contribution in [-0.4, -0.2) is 51.5 Å². The Hall–Kier alpha value is -2.64. The predicted molar refractivity (Wildman–Crippen MR) is 90.6 cm³/mol. The van der Waals surface area contributed by atoms with Crippen LogP contribution in [0.5, 0.6) is 0 Å². The molecule has 24 heavy (non-hydrogen) atoms. The molecule has 0 radical (unpaired) electrons. The number of carbonyl (C=O) groups excluding carboxylic acids is 1. The molecule has 3 heterocycles. The summed E-state index contributed by atoms with van der Waals surface area (Å²) in [6.45, 7) is 3.10. The number of aryl methyl sites for hydroxylation is 1. The van der Waals surface area contributed by atoms with Gasteiger partial charge in [0.1, 0.15) is 0 Å². The van der Waals surface area contributed by atoms with Crippen LogP contribution >= 0.6 is 0 Å². The van der Waals surface area contributed by atoms with Gasteiger partial charge in [-0.2, -0.15) is 5.10 Å². The molecule has 128 valence electrons. The van der Waals surface area contributed by atoms with Crippen molar-refractivity contribution in [2.24, 2.45) is 0 Å². The fourth-order valence-electron chi connectivity index (χ4n) is 2.84. The number of nitrogens with zero attached hydrogens (tertiary/aromatic N) is 5. The smallest absolute Gasteiger partial charge is 0.315 e. The molecule has 1 aliphatic heterocycles. The van der Waals surface area contributed by atoms with Gasteiger partial charge in [-0.15, -0.1) is 0 Å². The van der Waals surface area contributed by atoms with Crippen LogP contribution in [-0.2, 0) is 6.54 Å². The Morgan fingerprint density at radius 3 is 2.92 bits per heavy atom. The van der Waals surface area contributed by atoms with E-state index in [1.807, 2.05) is 16.9 Å². The summed E-state index contributed by atoms with van der Waals surface area (Å²) in [5.74, 6) is 0.726. The van der Waals surface area contributed by atoms with E-state index in [4.69, 9.17) is 0 Å². The van der Waals surface area contributed by atoms with E-state index < -0.39 is 0 Å². The first-order valence-corrected chi connectivity index (χ1v) is 8.35. The maximum absolute atomic E-state index is 12.0. The molecule has 2 aromatic heterocycles. The monoisotopic (exact) mass is 329 g/mol. The summed E-state index contributed by atoms with van der Waals surface area (Å²) in [7, 11) is 0. The molecule has 1 aliphatic rings. The van der Waals surface area contributed by atoms with Crippen molar-refractivity contribution in [2.45, 2.75) is 31.8 Å². The Balaban J connectivity index is 1.38. The topological polar surface area (TPSA) is 88.0 Å². The lowest BCUT2D eigenvalue weighted by Gasteiger charge is -2.33. The molecule has 1 fully saturated rings. The Labute approximate surface area is 141 Å². The molecule has 2 aromatic rings. The molecule has 8 heteroatoms. The molecule has 0 aromatic carbocycles. The summed E-state index contributed by atoms with van der Waals surface area (Å²) in [5, 5.41) is 10.1. The lowest BCUT2D eigenvalue weighted by atomic mass is 10.1. The maximum Gasteiger partial charge on any atom is 0.315 e. The number of anilines is 1. The van der Waals surface area contributed by atoms with Crippen molar-refractivity contribution >= 4 is 12.0 Å². The average molecular weight is 329 g/mol. The molecule has 0 aliphatic carbocycles. The fourth-order valence-corrected chi connectivity index (χ4v) is 2.84. The molecule has 0 spiro atoms. The van der Waals surface area contributed by atoms with E-state index in [0.29, 0.717) is 6.54 Å². The lowest BCUT2D eigenvalue weighted by molar-refractivity contribution is 0.234. The highest BCUT2D eigenvalue weighted by molar-refractivity contribution is 5.74. The van der Waals surface area contributed by atoms with E-state index >= 15 is 0 Å². The van der Waals surface area contributed by atoms with Crippen LogP contribution in [0.4, 0.5) is 10.7 Å². The number of piperidine rings is 1. The number of aromatic nitrogens is 4. The normalized spacial score (nSPS) is 17.5. The second-order valence-electron chi connectivity index (χ2n) is 5.86. The molecule has 0 saturated carbocycles. The van der Waals surface area contributed by atoms with E-state index in [0.717, 1.165) is 44.8 Å². The van der Waals surface area contributed by atoms with Gasteiger partial charge in [-0.25, -0.2) is 14.8 Å². The molecule has 1 atom stereocenters. The summed E-state index contributed by atoms with van der Waals surface area (Å²) in [6, 6.07) is 3.70. The van der Waals surface area contributed by atoms with Gasteiger partial charge in [-0.3, -0.25) is 4.68 Å². The van der Waals surface area contributed by atoms with Gasteiger partial charge in [0.15, 0.2) is 0 Å². The Morgan fingerprint density at radius 1 is 1.25 bits per heavy atom. The molecule has 1 saturated heterocycles. The van der Waals surface area contributed by atoms with Gasteiger partial charge in [-0.05, 0) is 31.4 Å². The molecule has 2 amide bonds. The van der Waals surface area contributed by atoms with E-state index in [1.165, 1.54) is 0 Å². The van der Waals surface area contributed by atoms with Crippen molar-refractivity contribution in [2.75, 3.05) is 24.5 Å². The van der Waals surface area contributed by atoms with Crippen LogP contribution in [0.15, 0.2) is 36.9 Å². The largest absolute Gasteiger partial charge is 0.339 e. The van der Waals surface area contributed by atoms with Gasteiger partial charge in [0, 0.05) is 57.0 Å². The Kier molecular flexibility index (Phi) is 5.60. The van der Waals surface area contributed by atoms with Crippen molar-refractivity contribution in [1.82, 2.24) is 30.4 Å². The summed E-state index contributed by atoms with van der Waals surface area (Å²) in [4.78, 5) is 22.7. The number of carbonyl (C=O) groups is 1. The molecular formula is C16H23N7O. The standard InChI is InChI=1S/C16H23N7O/c24-16(19-8-3-11-23-12-4-9-20-23)21-14-5-1-10-22(13-14)15-17-6-2-7-18-15/h2,4,6-7,9,12,14H,1,3,5,8,10-11,13H2,(H2,19,21,24)/t14-/m1/s1. The van der Waals surface area contributed by atoms with Gasteiger partial charge < -0.3 is 15.5 Å². The van der Waals surface area contributed by atoms with E-state index in [1.54, 1.807) is 24.7 Å². The first kappa shape index (κ1) is 16.2. The van der Waals surface area contributed by atoms with Gasteiger partial charge in [0.05, 0.1) is 0 Å². The third kappa shape index (κ3) is 4.68. The van der Waals surface area contributed by atoms with Gasteiger partial charge in [0.25, 0.3) is 0 Å². The second-order valence-corrected chi connectivity index (χ2v) is 5.86. The van der Waals surface area contributed by atoms with Crippen LogP contribution in [0, 0.1) is 0 Å². The number of amides is 2. The Morgan fingerprint density at radius 2 is 2.12 bits per heavy atom. The average Bonchev–Trinajstić information content (AvgIpc) is 3.13. The van der Waals surface area contributed by atoms with E-state index in [9.17, 15) is 4.79 Å². The van der Waals surface area contributed by atoms with Gasteiger partial charge in [-0.1, -0.05) is 0 Å².